The quantitative estimate of drug-likeness (QED) is 0.819. The van der Waals surface area contributed by atoms with Gasteiger partial charge in [-0.15, -0.1) is 0 Å². The molecule has 0 spiro atoms. The molecule has 0 aliphatic heterocycles. The third kappa shape index (κ3) is 1.91. The van der Waals surface area contributed by atoms with Crippen LogP contribution in [0.25, 0.3) is 0 Å². The Kier molecular flexibility index (Phi) is 2.93. The number of thiocarbonyl (C=S) groups is 1. The van der Waals surface area contributed by atoms with E-state index in [0.717, 1.165) is 16.8 Å². The fraction of sp³-hybridized carbons (Fsp3) is 0.533. The molecule has 0 heterocycles. The summed E-state index contributed by atoms with van der Waals surface area (Å²) in [5.74, 6) is 0. The lowest BCUT2D eigenvalue weighted by Crippen LogP contribution is -2.13. The summed E-state index contributed by atoms with van der Waals surface area (Å²) in [5.41, 5.74) is 9.59. The van der Waals surface area contributed by atoms with Gasteiger partial charge in [-0.2, -0.15) is 0 Å². The molecule has 0 bridgehead atoms. The second-order valence-electron chi connectivity index (χ2n) is 6.41. The molecule has 0 unspecified atom stereocenters. The Labute approximate surface area is 115 Å². The van der Waals surface area contributed by atoms with Gasteiger partial charge in [0.25, 0.3) is 0 Å². The Morgan fingerprint density at radius 2 is 1.78 bits per heavy atom. The average molecular weight is 262 g/mol. The van der Waals surface area contributed by atoms with Crippen LogP contribution < -0.4 is 11.1 Å². The maximum Gasteiger partial charge on any atom is 0.104 e. The predicted molar refractivity (Wildman–Crippen MR) is 82.0 cm³/mol. The number of nitrogens with one attached hydrogen (secondary N) is 1. The zero-order valence-electron chi connectivity index (χ0n) is 11.8. The molecule has 1 aliphatic carbocycles. The van der Waals surface area contributed by atoms with Crippen molar-refractivity contribution in [1.29, 1.82) is 0 Å². The molecule has 1 fully saturated rings. The third-order valence-corrected chi connectivity index (χ3v) is 5.04. The number of hydrogen-bond donors (Lipinski definition) is 2. The fourth-order valence-corrected chi connectivity index (χ4v) is 2.98. The number of benzene rings is 1. The lowest BCUT2D eigenvalue weighted by atomic mass is 10.0. The molecule has 18 heavy (non-hydrogen) atoms. The normalized spacial score (nSPS) is 20.5. The van der Waals surface area contributed by atoms with E-state index in [1.54, 1.807) is 0 Å². The van der Waals surface area contributed by atoms with Crippen molar-refractivity contribution in [2.75, 3.05) is 5.32 Å². The van der Waals surface area contributed by atoms with Crippen LogP contribution >= 0.6 is 12.2 Å². The topological polar surface area (TPSA) is 38.0 Å². The van der Waals surface area contributed by atoms with Crippen LogP contribution in [0.1, 0.15) is 38.8 Å². The van der Waals surface area contributed by atoms with Crippen molar-refractivity contribution in [2.45, 2.75) is 40.7 Å². The summed E-state index contributed by atoms with van der Waals surface area (Å²) in [6.45, 7) is 11.3. The maximum atomic E-state index is 5.68. The summed E-state index contributed by atoms with van der Waals surface area (Å²) in [4.78, 5) is 0.464. The highest BCUT2D eigenvalue weighted by atomic mass is 32.1. The molecule has 1 aromatic carbocycles. The Bertz CT molecular complexity index is 489. The number of anilines is 1. The Balaban J connectivity index is 2.18. The van der Waals surface area contributed by atoms with Crippen LogP contribution in [0.3, 0.4) is 0 Å². The smallest absolute Gasteiger partial charge is 0.104 e. The van der Waals surface area contributed by atoms with Gasteiger partial charge in [0, 0.05) is 17.3 Å². The first-order valence-electron chi connectivity index (χ1n) is 6.35. The van der Waals surface area contributed by atoms with Crippen LogP contribution in [-0.2, 0) is 0 Å². The van der Waals surface area contributed by atoms with E-state index < -0.39 is 0 Å². The first-order valence-corrected chi connectivity index (χ1v) is 6.76. The molecule has 2 rings (SSSR count). The van der Waals surface area contributed by atoms with Crippen molar-refractivity contribution in [3.63, 3.8) is 0 Å². The van der Waals surface area contributed by atoms with E-state index in [1.165, 1.54) is 0 Å². The first-order chi connectivity index (χ1) is 8.18. The summed E-state index contributed by atoms with van der Waals surface area (Å²) in [6, 6.07) is 6.70. The van der Waals surface area contributed by atoms with Gasteiger partial charge in [0.1, 0.15) is 4.99 Å². The van der Waals surface area contributed by atoms with E-state index >= 15 is 0 Å². The fourth-order valence-electron chi connectivity index (χ4n) is 2.75. The van der Waals surface area contributed by atoms with Gasteiger partial charge >= 0.3 is 0 Å². The lowest BCUT2D eigenvalue weighted by Gasteiger charge is -2.11. The zero-order valence-corrected chi connectivity index (χ0v) is 12.6. The molecule has 0 aromatic heterocycles. The predicted octanol–water partition coefficient (Wildman–Crippen LogP) is 3.48. The van der Waals surface area contributed by atoms with Crippen molar-refractivity contribution in [3.05, 3.63) is 29.3 Å². The van der Waals surface area contributed by atoms with Gasteiger partial charge in [0.05, 0.1) is 0 Å². The standard InChI is InChI=1S/C15H22N2S/c1-9-8-10(6-7-11(9)12(16)18)17-13-14(2,3)15(13,4)5/h6-8,13,17H,1-5H3,(H2,16,18). The first kappa shape index (κ1) is 13.3. The zero-order chi connectivity index (χ0) is 13.7. The van der Waals surface area contributed by atoms with Crippen molar-refractivity contribution in [2.24, 2.45) is 16.6 Å². The Morgan fingerprint density at radius 1 is 1.22 bits per heavy atom. The SMILES string of the molecule is Cc1cc(NC2C(C)(C)C2(C)C)ccc1C(N)=S. The monoisotopic (exact) mass is 262 g/mol. The number of aryl methyl sites for hydroxylation is 1. The largest absolute Gasteiger partial charge is 0.389 e. The molecule has 0 radical (unpaired) electrons. The van der Waals surface area contributed by atoms with Crippen LogP contribution in [0.15, 0.2) is 18.2 Å². The van der Waals surface area contributed by atoms with Crippen LogP contribution in [0.2, 0.25) is 0 Å². The van der Waals surface area contributed by atoms with Crippen molar-refractivity contribution >= 4 is 22.9 Å². The summed E-state index contributed by atoms with van der Waals surface area (Å²) < 4.78 is 0. The highest BCUT2D eigenvalue weighted by molar-refractivity contribution is 7.80. The summed E-state index contributed by atoms with van der Waals surface area (Å²) in [5, 5.41) is 3.62. The van der Waals surface area contributed by atoms with Gasteiger partial charge in [-0.1, -0.05) is 39.9 Å². The Hall–Kier alpha value is -1.09. The van der Waals surface area contributed by atoms with Crippen molar-refractivity contribution < 1.29 is 0 Å². The molecule has 3 heteroatoms. The van der Waals surface area contributed by atoms with Crippen LogP contribution in [0.5, 0.6) is 0 Å². The summed E-state index contributed by atoms with van der Waals surface area (Å²) >= 11 is 5.02. The molecule has 1 aliphatic rings. The second kappa shape index (κ2) is 3.95. The summed E-state index contributed by atoms with van der Waals surface area (Å²) in [6.07, 6.45) is 0. The molecule has 3 N–H and O–H groups in total. The van der Waals surface area contributed by atoms with Gasteiger partial charge in [0.15, 0.2) is 0 Å². The van der Waals surface area contributed by atoms with Crippen LogP contribution in [0.4, 0.5) is 5.69 Å². The highest BCUT2D eigenvalue weighted by Gasteiger charge is 2.64. The molecular weight excluding hydrogens is 240 g/mol. The molecule has 0 amide bonds. The van der Waals surface area contributed by atoms with Gasteiger partial charge in [-0.3, -0.25) is 0 Å². The van der Waals surface area contributed by atoms with Crippen LogP contribution in [0, 0.1) is 17.8 Å². The van der Waals surface area contributed by atoms with Crippen molar-refractivity contribution in [3.8, 4) is 0 Å². The molecule has 0 atom stereocenters. The summed E-state index contributed by atoms with van der Waals surface area (Å²) in [7, 11) is 0. The Morgan fingerprint density at radius 3 is 2.17 bits per heavy atom. The van der Waals surface area contributed by atoms with Gasteiger partial charge in [0.2, 0.25) is 0 Å². The molecule has 1 saturated carbocycles. The molecule has 98 valence electrons. The average Bonchev–Trinajstić information content (AvgIpc) is 2.60. The molecule has 1 aromatic rings. The van der Waals surface area contributed by atoms with Gasteiger partial charge in [-0.05, 0) is 41.5 Å². The molecular formula is C15H22N2S. The van der Waals surface area contributed by atoms with Crippen molar-refractivity contribution in [1.82, 2.24) is 0 Å². The van der Waals surface area contributed by atoms with E-state index in [9.17, 15) is 0 Å². The van der Waals surface area contributed by atoms with Gasteiger partial charge < -0.3 is 11.1 Å². The number of rotatable bonds is 3. The van der Waals surface area contributed by atoms with E-state index in [0.29, 0.717) is 21.9 Å². The lowest BCUT2D eigenvalue weighted by molar-refractivity contribution is 0.457. The van der Waals surface area contributed by atoms with Crippen LogP contribution in [-0.4, -0.2) is 11.0 Å². The van der Waals surface area contributed by atoms with Gasteiger partial charge in [-0.25, -0.2) is 0 Å². The van der Waals surface area contributed by atoms with E-state index in [-0.39, 0.29) is 0 Å². The second-order valence-corrected chi connectivity index (χ2v) is 6.85. The van der Waals surface area contributed by atoms with E-state index in [1.807, 2.05) is 13.0 Å². The van der Waals surface area contributed by atoms with E-state index in [2.05, 4.69) is 45.1 Å². The maximum absolute atomic E-state index is 5.68. The number of nitrogens with two attached hydrogens (primary N) is 1. The number of hydrogen-bond acceptors (Lipinski definition) is 2. The van der Waals surface area contributed by atoms with E-state index in [4.69, 9.17) is 18.0 Å². The minimum Gasteiger partial charge on any atom is -0.389 e. The molecule has 2 nitrogen and oxygen atoms in total. The minimum atomic E-state index is 0.336. The third-order valence-electron chi connectivity index (χ3n) is 4.82. The highest BCUT2D eigenvalue weighted by Crippen LogP contribution is 2.63. The minimum absolute atomic E-state index is 0.336. The molecule has 0 saturated heterocycles.